The minimum absolute atomic E-state index is 0.273. The van der Waals surface area contributed by atoms with Gasteiger partial charge < -0.3 is 10.1 Å². The van der Waals surface area contributed by atoms with Crippen molar-refractivity contribution in [2.24, 2.45) is 0 Å². The van der Waals surface area contributed by atoms with Gasteiger partial charge in [0.25, 0.3) is 5.91 Å². The van der Waals surface area contributed by atoms with E-state index in [0.717, 1.165) is 9.67 Å². The number of amides is 1. The van der Waals surface area contributed by atoms with Gasteiger partial charge in [0.1, 0.15) is 6.07 Å². The van der Waals surface area contributed by atoms with Gasteiger partial charge in [-0.15, -0.1) is 21.5 Å². The number of tetrazole rings is 1. The van der Waals surface area contributed by atoms with Gasteiger partial charge in [0.05, 0.1) is 16.1 Å². The molecule has 0 radical (unpaired) electrons. The Hall–Kier alpha value is -3.58. The van der Waals surface area contributed by atoms with Crippen LogP contribution in [-0.2, 0) is 20.9 Å². The van der Waals surface area contributed by atoms with Crippen LogP contribution < -0.4 is 5.32 Å². The lowest BCUT2D eigenvalue weighted by atomic mass is 10.2. The fraction of sp³-hybridized carbons (Fsp3) is 0.176. The third-order valence-corrected chi connectivity index (χ3v) is 4.31. The second kappa shape index (κ2) is 8.20. The van der Waals surface area contributed by atoms with E-state index >= 15 is 0 Å². The number of rotatable bonds is 6. The first-order valence-electron chi connectivity index (χ1n) is 7.88. The summed E-state index contributed by atoms with van der Waals surface area (Å²) < 4.78 is 5.10. The summed E-state index contributed by atoms with van der Waals surface area (Å²) >= 11 is 1.46. The van der Waals surface area contributed by atoms with Crippen molar-refractivity contribution in [3.8, 4) is 16.8 Å². The Morgan fingerprint density at radius 2 is 2.15 bits per heavy atom. The molecule has 0 saturated carbocycles. The van der Waals surface area contributed by atoms with Crippen LogP contribution in [0.3, 0.4) is 0 Å². The molecule has 0 unspecified atom stereocenters. The highest BCUT2D eigenvalue weighted by Crippen LogP contribution is 2.19. The number of ether oxygens (including phenoxy) is 1. The van der Waals surface area contributed by atoms with Gasteiger partial charge >= 0.3 is 5.97 Å². The molecular formula is C17H14N6O3S. The fourth-order valence-corrected chi connectivity index (χ4v) is 2.79. The molecule has 1 aromatic carbocycles. The molecule has 0 saturated heterocycles. The minimum Gasteiger partial charge on any atom is -0.451 e. The molecule has 0 aliphatic rings. The van der Waals surface area contributed by atoms with Gasteiger partial charge in [-0.3, -0.25) is 4.79 Å². The van der Waals surface area contributed by atoms with Crippen molar-refractivity contribution in [1.82, 2.24) is 20.2 Å². The molecule has 0 aliphatic carbocycles. The topological polar surface area (TPSA) is 123 Å². The zero-order valence-corrected chi connectivity index (χ0v) is 15.0. The second-order valence-corrected chi connectivity index (χ2v) is 6.35. The minimum atomic E-state index is -1.05. The smallest absolute Gasteiger partial charge is 0.330 e. The lowest BCUT2D eigenvalue weighted by molar-refractivity contribution is -0.154. The number of carbonyl (C=O) groups excluding carboxylic acids is 2. The predicted molar refractivity (Wildman–Crippen MR) is 96.5 cm³/mol. The van der Waals surface area contributed by atoms with Crippen molar-refractivity contribution >= 4 is 28.9 Å². The highest BCUT2D eigenvalue weighted by atomic mass is 32.1. The fourth-order valence-electron chi connectivity index (χ4n) is 2.14. The normalized spacial score (nSPS) is 11.4. The van der Waals surface area contributed by atoms with Crippen molar-refractivity contribution in [2.45, 2.75) is 19.6 Å². The number of para-hydroxylation sites is 1. The maximum absolute atomic E-state index is 12.2. The van der Waals surface area contributed by atoms with Crippen LogP contribution in [0.2, 0.25) is 0 Å². The van der Waals surface area contributed by atoms with Gasteiger partial charge in [0, 0.05) is 0 Å². The zero-order chi connectivity index (χ0) is 19.2. The summed E-state index contributed by atoms with van der Waals surface area (Å²) in [5.74, 6) is -0.810. The number of aromatic nitrogens is 4. The number of benzene rings is 1. The van der Waals surface area contributed by atoms with Crippen molar-refractivity contribution in [3.63, 3.8) is 0 Å². The van der Waals surface area contributed by atoms with E-state index in [1.54, 1.807) is 24.3 Å². The van der Waals surface area contributed by atoms with E-state index in [1.165, 1.54) is 18.3 Å². The zero-order valence-electron chi connectivity index (χ0n) is 14.2. The van der Waals surface area contributed by atoms with Gasteiger partial charge in [-0.05, 0) is 35.7 Å². The first-order valence-corrected chi connectivity index (χ1v) is 8.76. The molecule has 1 atom stereocenters. The maximum Gasteiger partial charge on any atom is 0.330 e. The Balaban J connectivity index is 1.56. The molecule has 0 bridgehead atoms. The van der Waals surface area contributed by atoms with Crippen LogP contribution in [0.25, 0.3) is 10.7 Å². The molecule has 9 nitrogen and oxygen atoms in total. The SMILES string of the molecule is C[C@@H](OC(=O)Cn1nnc(-c2cccs2)n1)C(=O)Nc1ccccc1C#N. The van der Waals surface area contributed by atoms with E-state index in [1.807, 2.05) is 23.6 Å². The molecule has 3 rings (SSSR count). The third-order valence-electron chi connectivity index (χ3n) is 3.45. The molecule has 1 N–H and O–H groups in total. The van der Waals surface area contributed by atoms with Crippen LogP contribution >= 0.6 is 11.3 Å². The molecule has 2 heterocycles. The average molecular weight is 382 g/mol. The number of carbonyl (C=O) groups is 2. The summed E-state index contributed by atoms with van der Waals surface area (Å²) in [5.41, 5.74) is 0.670. The number of nitrogens with zero attached hydrogens (tertiary/aromatic N) is 5. The summed E-state index contributed by atoms with van der Waals surface area (Å²) in [6, 6.07) is 12.2. The highest BCUT2D eigenvalue weighted by molar-refractivity contribution is 7.13. The standard InChI is InChI=1S/C17H14N6O3S/c1-11(17(25)19-13-6-3-2-5-12(13)9-18)26-15(24)10-23-21-16(20-22-23)14-7-4-8-27-14/h2-8,11H,10H2,1H3,(H,19,25)/t11-/m1/s1. The molecule has 3 aromatic rings. The Morgan fingerprint density at radius 1 is 1.33 bits per heavy atom. The van der Waals surface area contributed by atoms with Crippen molar-refractivity contribution in [2.75, 3.05) is 5.32 Å². The summed E-state index contributed by atoms with van der Waals surface area (Å²) in [7, 11) is 0. The summed E-state index contributed by atoms with van der Waals surface area (Å²) in [4.78, 5) is 26.1. The molecular weight excluding hydrogens is 368 g/mol. The molecule has 0 aliphatic heterocycles. The Kier molecular flexibility index (Phi) is 5.53. The number of hydrogen-bond acceptors (Lipinski definition) is 8. The number of hydrogen-bond donors (Lipinski definition) is 1. The Labute approximate surface area is 158 Å². The van der Waals surface area contributed by atoms with E-state index in [9.17, 15) is 9.59 Å². The summed E-state index contributed by atoms with van der Waals surface area (Å²) in [6.07, 6.45) is -1.05. The van der Waals surface area contributed by atoms with Crippen LogP contribution in [0.4, 0.5) is 5.69 Å². The molecule has 10 heteroatoms. The van der Waals surface area contributed by atoms with Gasteiger partial charge in [-0.1, -0.05) is 18.2 Å². The Bertz CT molecular complexity index is 992. The first kappa shape index (κ1) is 18.2. The highest BCUT2D eigenvalue weighted by Gasteiger charge is 2.20. The molecule has 27 heavy (non-hydrogen) atoms. The number of nitrogens with one attached hydrogen (secondary N) is 1. The predicted octanol–water partition coefficient (Wildman–Crippen LogP) is 1.84. The van der Waals surface area contributed by atoms with Crippen LogP contribution in [0, 0.1) is 11.3 Å². The molecule has 1 amide bonds. The van der Waals surface area contributed by atoms with Crippen molar-refractivity contribution in [3.05, 3.63) is 47.3 Å². The number of thiophene rings is 1. The largest absolute Gasteiger partial charge is 0.451 e. The second-order valence-electron chi connectivity index (χ2n) is 5.40. The van der Waals surface area contributed by atoms with Gasteiger partial charge in [-0.25, -0.2) is 4.79 Å². The van der Waals surface area contributed by atoms with Crippen LogP contribution in [0.5, 0.6) is 0 Å². The summed E-state index contributed by atoms with van der Waals surface area (Å²) in [6.45, 7) is 1.17. The maximum atomic E-state index is 12.2. The van der Waals surface area contributed by atoms with E-state index in [2.05, 4.69) is 20.7 Å². The molecule has 0 fully saturated rings. The summed E-state index contributed by atoms with van der Waals surface area (Å²) in [5, 5.41) is 25.3. The van der Waals surface area contributed by atoms with E-state index in [-0.39, 0.29) is 6.54 Å². The van der Waals surface area contributed by atoms with Crippen LogP contribution in [-0.4, -0.2) is 38.2 Å². The number of anilines is 1. The van der Waals surface area contributed by atoms with E-state index in [4.69, 9.17) is 10.00 Å². The molecule has 2 aromatic heterocycles. The molecule has 136 valence electrons. The number of nitriles is 1. The van der Waals surface area contributed by atoms with Gasteiger partial charge in [-0.2, -0.15) is 10.1 Å². The first-order chi connectivity index (χ1) is 13.1. The van der Waals surface area contributed by atoms with Crippen molar-refractivity contribution in [1.29, 1.82) is 5.26 Å². The monoisotopic (exact) mass is 382 g/mol. The van der Waals surface area contributed by atoms with Crippen LogP contribution in [0.15, 0.2) is 41.8 Å². The Morgan fingerprint density at radius 3 is 2.89 bits per heavy atom. The van der Waals surface area contributed by atoms with Crippen molar-refractivity contribution < 1.29 is 14.3 Å². The third kappa shape index (κ3) is 4.53. The lowest BCUT2D eigenvalue weighted by Crippen LogP contribution is -2.31. The number of esters is 1. The van der Waals surface area contributed by atoms with E-state index in [0.29, 0.717) is 17.1 Å². The van der Waals surface area contributed by atoms with Gasteiger partial charge in [0.15, 0.2) is 12.6 Å². The van der Waals surface area contributed by atoms with Crippen LogP contribution in [0.1, 0.15) is 12.5 Å². The van der Waals surface area contributed by atoms with E-state index < -0.39 is 18.0 Å². The quantitative estimate of drug-likeness (QED) is 0.645. The average Bonchev–Trinajstić information content (AvgIpc) is 3.33. The lowest BCUT2D eigenvalue weighted by Gasteiger charge is -2.13. The molecule has 0 spiro atoms. The van der Waals surface area contributed by atoms with Gasteiger partial charge in [0.2, 0.25) is 5.82 Å².